The van der Waals surface area contributed by atoms with Crippen molar-refractivity contribution >= 4 is 24.0 Å². The molecule has 1 atom stereocenters. The number of ether oxygens (including phenoxy) is 1. The Hall–Kier alpha value is -1.59. The van der Waals surface area contributed by atoms with Crippen LogP contribution in [0.1, 0.15) is 47.6 Å². The summed E-state index contributed by atoms with van der Waals surface area (Å²) in [5.74, 6) is -0.306. The molecule has 3 heterocycles. The summed E-state index contributed by atoms with van der Waals surface area (Å²) < 4.78 is 7.02. The van der Waals surface area contributed by atoms with E-state index < -0.39 is 0 Å². The van der Waals surface area contributed by atoms with Crippen molar-refractivity contribution in [1.82, 2.24) is 14.3 Å². The van der Waals surface area contributed by atoms with Gasteiger partial charge in [0.15, 0.2) is 5.69 Å². The number of esters is 1. The average Bonchev–Trinajstić information content (AvgIpc) is 3.01. The molecular formula is C16H22ClN3O2. The van der Waals surface area contributed by atoms with Crippen LogP contribution in [0.4, 0.5) is 0 Å². The molecular weight excluding hydrogens is 302 g/mol. The zero-order valence-electron chi connectivity index (χ0n) is 13.2. The molecule has 1 aliphatic rings. The van der Waals surface area contributed by atoms with Crippen molar-refractivity contribution in [2.24, 2.45) is 0 Å². The van der Waals surface area contributed by atoms with E-state index in [0.717, 1.165) is 24.3 Å². The van der Waals surface area contributed by atoms with Gasteiger partial charge in [0.2, 0.25) is 0 Å². The summed E-state index contributed by atoms with van der Waals surface area (Å²) in [5.41, 5.74) is 3.32. The third-order valence-corrected chi connectivity index (χ3v) is 4.20. The van der Waals surface area contributed by atoms with Gasteiger partial charge in [0, 0.05) is 17.8 Å². The lowest BCUT2D eigenvalue weighted by Crippen LogP contribution is -2.18. The molecule has 22 heavy (non-hydrogen) atoms. The van der Waals surface area contributed by atoms with Gasteiger partial charge in [-0.3, -0.25) is 9.30 Å². The highest BCUT2D eigenvalue weighted by Crippen LogP contribution is 2.33. The molecule has 1 fully saturated rings. The van der Waals surface area contributed by atoms with E-state index >= 15 is 0 Å². The van der Waals surface area contributed by atoms with Gasteiger partial charge >= 0.3 is 5.97 Å². The predicted molar refractivity (Wildman–Crippen MR) is 87.7 cm³/mol. The van der Waals surface area contributed by atoms with Crippen LogP contribution in [-0.2, 0) is 4.74 Å². The van der Waals surface area contributed by atoms with Crippen LogP contribution in [0.3, 0.4) is 0 Å². The molecule has 5 nitrogen and oxygen atoms in total. The number of aromatic nitrogens is 2. The maximum atomic E-state index is 12.1. The van der Waals surface area contributed by atoms with Crippen LogP contribution in [0.15, 0.2) is 18.3 Å². The Labute approximate surface area is 136 Å². The molecule has 2 aromatic rings. The molecule has 0 N–H and O–H groups in total. The molecule has 0 saturated carbocycles. The van der Waals surface area contributed by atoms with Crippen LogP contribution in [-0.4, -0.2) is 40.5 Å². The van der Waals surface area contributed by atoms with Gasteiger partial charge in [-0.2, -0.15) is 0 Å². The van der Waals surface area contributed by atoms with Crippen LogP contribution in [0.5, 0.6) is 0 Å². The van der Waals surface area contributed by atoms with Crippen molar-refractivity contribution in [3.05, 3.63) is 35.3 Å². The summed E-state index contributed by atoms with van der Waals surface area (Å²) in [6.07, 6.45) is 4.23. The van der Waals surface area contributed by atoms with E-state index in [1.165, 1.54) is 12.0 Å². The van der Waals surface area contributed by atoms with Gasteiger partial charge in [-0.25, -0.2) is 9.78 Å². The number of fused-ring (bicyclic) bond motifs is 1. The van der Waals surface area contributed by atoms with Crippen LogP contribution in [0.2, 0.25) is 0 Å². The molecule has 0 bridgehead atoms. The highest BCUT2D eigenvalue weighted by molar-refractivity contribution is 5.90. The molecule has 120 valence electrons. The Bertz CT molecular complexity index is 683. The minimum atomic E-state index is -0.306. The summed E-state index contributed by atoms with van der Waals surface area (Å²) in [5, 5.41) is 0. The summed E-state index contributed by atoms with van der Waals surface area (Å²) in [6, 6.07) is 4.48. The number of nitrogens with zero attached hydrogens (tertiary/aromatic N) is 3. The smallest absolute Gasteiger partial charge is 0.357 e. The molecule has 0 spiro atoms. The number of pyridine rings is 1. The summed E-state index contributed by atoms with van der Waals surface area (Å²) >= 11 is 0. The Morgan fingerprint density at radius 3 is 2.91 bits per heavy atom. The van der Waals surface area contributed by atoms with Crippen LogP contribution >= 0.6 is 12.4 Å². The summed E-state index contributed by atoms with van der Waals surface area (Å²) in [4.78, 5) is 19.1. The highest BCUT2D eigenvalue weighted by Gasteiger charge is 2.27. The second-order valence-corrected chi connectivity index (χ2v) is 5.56. The molecule has 2 aromatic heterocycles. The molecule has 0 amide bonds. The van der Waals surface area contributed by atoms with Crippen LogP contribution < -0.4 is 0 Å². The van der Waals surface area contributed by atoms with E-state index in [1.54, 1.807) is 0 Å². The largest absolute Gasteiger partial charge is 0.461 e. The van der Waals surface area contributed by atoms with Crippen molar-refractivity contribution in [1.29, 1.82) is 0 Å². The lowest BCUT2D eigenvalue weighted by molar-refractivity contribution is 0.0517. The van der Waals surface area contributed by atoms with E-state index in [1.807, 2.05) is 30.5 Å². The second kappa shape index (κ2) is 6.67. The first-order valence-electron chi connectivity index (χ1n) is 7.48. The first-order chi connectivity index (χ1) is 10.1. The SMILES string of the molecule is CCOC(=O)c1c(C)nc2c(C3CCCN3C)cccn12.Cl. The van der Waals surface area contributed by atoms with Gasteiger partial charge in [0.1, 0.15) is 5.65 Å². The second-order valence-electron chi connectivity index (χ2n) is 5.56. The standard InChI is InChI=1S/C16H21N3O2.ClH/c1-4-21-16(20)14-11(2)17-15-12(7-5-10-19(14)15)13-8-6-9-18(13)3;/h5,7,10,13H,4,6,8-9H2,1-3H3;1H. The predicted octanol–water partition coefficient (Wildman–Crippen LogP) is 3.01. The number of carbonyl (C=O) groups is 1. The highest BCUT2D eigenvalue weighted by atomic mass is 35.5. The quantitative estimate of drug-likeness (QED) is 0.815. The number of hydrogen-bond donors (Lipinski definition) is 0. The number of halogens is 1. The lowest BCUT2D eigenvalue weighted by Gasteiger charge is -2.20. The topological polar surface area (TPSA) is 46.8 Å². The minimum Gasteiger partial charge on any atom is -0.461 e. The fourth-order valence-electron chi connectivity index (χ4n) is 3.21. The third kappa shape index (κ3) is 2.71. The number of rotatable bonds is 3. The molecule has 1 unspecified atom stereocenters. The summed E-state index contributed by atoms with van der Waals surface area (Å²) in [7, 11) is 2.14. The fourth-order valence-corrected chi connectivity index (χ4v) is 3.21. The van der Waals surface area contributed by atoms with E-state index in [-0.39, 0.29) is 18.4 Å². The van der Waals surface area contributed by atoms with Crippen molar-refractivity contribution in [3.63, 3.8) is 0 Å². The van der Waals surface area contributed by atoms with Crippen molar-refractivity contribution < 1.29 is 9.53 Å². The number of hydrogen-bond acceptors (Lipinski definition) is 4. The summed E-state index contributed by atoms with van der Waals surface area (Å²) in [6.45, 7) is 5.16. The van der Waals surface area contributed by atoms with E-state index in [9.17, 15) is 4.79 Å². The number of imidazole rings is 1. The Morgan fingerprint density at radius 1 is 1.50 bits per heavy atom. The van der Waals surface area contributed by atoms with Gasteiger partial charge in [-0.1, -0.05) is 6.07 Å². The maximum absolute atomic E-state index is 12.1. The minimum absolute atomic E-state index is 0. The van der Waals surface area contributed by atoms with Crippen molar-refractivity contribution in [3.8, 4) is 0 Å². The zero-order valence-corrected chi connectivity index (χ0v) is 14.0. The average molecular weight is 324 g/mol. The van der Waals surface area contributed by atoms with Crippen LogP contribution in [0.25, 0.3) is 5.65 Å². The van der Waals surface area contributed by atoms with Crippen molar-refractivity contribution in [2.75, 3.05) is 20.2 Å². The van der Waals surface area contributed by atoms with Gasteiger partial charge in [0.05, 0.1) is 12.3 Å². The van der Waals surface area contributed by atoms with Gasteiger partial charge in [-0.15, -0.1) is 12.4 Å². The molecule has 0 aromatic carbocycles. The molecule has 1 aliphatic heterocycles. The van der Waals surface area contributed by atoms with E-state index in [4.69, 9.17) is 4.74 Å². The maximum Gasteiger partial charge on any atom is 0.357 e. The first-order valence-corrected chi connectivity index (χ1v) is 7.48. The number of carbonyl (C=O) groups excluding carboxylic acids is 1. The first kappa shape index (κ1) is 16.8. The molecule has 6 heteroatoms. The molecule has 3 rings (SSSR count). The zero-order chi connectivity index (χ0) is 15.0. The monoisotopic (exact) mass is 323 g/mol. The van der Waals surface area contributed by atoms with E-state index in [2.05, 4.69) is 23.0 Å². The number of likely N-dealkylation sites (tertiary alicyclic amines) is 1. The Balaban J connectivity index is 0.00000176. The van der Waals surface area contributed by atoms with Crippen molar-refractivity contribution in [2.45, 2.75) is 32.7 Å². The van der Waals surface area contributed by atoms with Crippen LogP contribution in [0, 0.1) is 6.92 Å². The Morgan fingerprint density at radius 2 is 2.27 bits per heavy atom. The fraction of sp³-hybridized carbons (Fsp3) is 0.500. The normalized spacial score (nSPS) is 18.4. The Kier molecular flexibility index (Phi) is 5.08. The van der Waals surface area contributed by atoms with Gasteiger partial charge in [-0.05, 0) is 46.3 Å². The molecule has 1 saturated heterocycles. The number of aryl methyl sites for hydroxylation is 1. The van der Waals surface area contributed by atoms with Gasteiger partial charge < -0.3 is 4.74 Å². The molecule has 0 aliphatic carbocycles. The molecule has 0 radical (unpaired) electrons. The third-order valence-electron chi connectivity index (χ3n) is 4.20. The van der Waals surface area contributed by atoms with Gasteiger partial charge in [0.25, 0.3) is 0 Å². The lowest BCUT2D eigenvalue weighted by atomic mass is 10.1. The van der Waals surface area contributed by atoms with E-state index in [0.29, 0.717) is 18.3 Å².